The van der Waals surface area contributed by atoms with Crippen molar-refractivity contribution in [2.45, 2.75) is 0 Å². The lowest BCUT2D eigenvalue weighted by atomic mass is 10.0. The van der Waals surface area contributed by atoms with Crippen LogP contribution in [0.5, 0.6) is 0 Å². The number of nitrogens with zero attached hydrogens (tertiary/aromatic N) is 2. The molecule has 66 valence electrons. The fraction of sp³-hybridized carbons (Fsp3) is 0.143. The number of carbonyl (C=O) groups is 1. The van der Waals surface area contributed by atoms with Crippen LogP contribution in [0.15, 0.2) is 28.7 Å². The molecule has 6 heteroatoms. The highest BCUT2D eigenvalue weighted by atomic mass is 16.6. The third kappa shape index (κ3) is 1.12. The summed E-state index contributed by atoms with van der Waals surface area (Å²) in [7, 11) is 0. The Balaban J connectivity index is 2.34. The molecule has 0 fully saturated rings. The number of dihydropyridines is 1. The number of fused-ring (bicyclic) bond motifs is 1. The molecule has 2 heterocycles. The van der Waals surface area contributed by atoms with E-state index in [0.717, 1.165) is 0 Å². The maximum Gasteiger partial charge on any atom is 0.276 e. The van der Waals surface area contributed by atoms with Crippen LogP contribution in [0, 0.1) is 16.0 Å². The third-order valence-electron chi connectivity index (χ3n) is 1.88. The molecule has 2 aliphatic heterocycles. The van der Waals surface area contributed by atoms with E-state index in [-0.39, 0.29) is 5.70 Å². The van der Waals surface area contributed by atoms with Gasteiger partial charge in [0, 0.05) is 18.0 Å². The molecular formula is C7H5N3O3. The van der Waals surface area contributed by atoms with Crippen molar-refractivity contribution < 1.29 is 9.72 Å². The summed E-state index contributed by atoms with van der Waals surface area (Å²) in [6, 6.07) is 0. The number of hydrogen-bond acceptors (Lipinski definition) is 4. The Kier molecular flexibility index (Phi) is 1.48. The summed E-state index contributed by atoms with van der Waals surface area (Å²) in [5.41, 5.74) is 0.536. The van der Waals surface area contributed by atoms with Crippen LogP contribution in [0.3, 0.4) is 0 Å². The molecule has 1 unspecified atom stereocenters. The van der Waals surface area contributed by atoms with Crippen molar-refractivity contribution in [1.82, 2.24) is 5.32 Å². The molecule has 0 aromatic carbocycles. The van der Waals surface area contributed by atoms with E-state index in [0.29, 0.717) is 5.70 Å². The fourth-order valence-electron chi connectivity index (χ4n) is 1.27. The molecule has 6 nitrogen and oxygen atoms in total. The molecule has 1 N–H and O–H groups in total. The molecular weight excluding hydrogens is 174 g/mol. The van der Waals surface area contributed by atoms with Crippen molar-refractivity contribution in [3.63, 3.8) is 0 Å². The van der Waals surface area contributed by atoms with Crippen molar-refractivity contribution in [3.05, 3.63) is 33.8 Å². The number of nitro groups is 1. The van der Waals surface area contributed by atoms with Gasteiger partial charge < -0.3 is 5.32 Å². The van der Waals surface area contributed by atoms with Crippen molar-refractivity contribution in [1.29, 1.82) is 0 Å². The first kappa shape index (κ1) is 7.66. The van der Waals surface area contributed by atoms with Gasteiger partial charge in [-0.3, -0.25) is 14.9 Å². The van der Waals surface area contributed by atoms with Crippen LogP contribution in [0.1, 0.15) is 0 Å². The molecule has 0 saturated carbocycles. The Morgan fingerprint density at radius 2 is 2.38 bits per heavy atom. The van der Waals surface area contributed by atoms with Gasteiger partial charge in [-0.15, -0.1) is 0 Å². The van der Waals surface area contributed by atoms with Gasteiger partial charge in [0.1, 0.15) is 5.92 Å². The summed E-state index contributed by atoms with van der Waals surface area (Å²) in [6.07, 6.45) is 3.82. The highest BCUT2D eigenvalue weighted by Crippen LogP contribution is 2.24. The molecule has 0 aromatic heterocycles. The summed E-state index contributed by atoms with van der Waals surface area (Å²) >= 11 is 0. The monoisotopic (exact) mass is 179 g/mol. The Labute approximate surface area is 72.8 Å². The second kappa shape index (κ2) is 2.51. The number of aliphatic imine (C=N–C) groups is 1. The van der Waals surface area contributed by atoms with E-state index in [1.807, 2.05) is 0 Å². The molecule has 1 atom stereocenters. The molecule has 0 radical (unpaired) electrons. The summed E-state index contributed by atoms with van der Waals surface area (Å²) in [5, 5.41) is 13.1. The number of amides is 1. The zero-order valence-corrected chi connectivity index (χ0v) is 6.43. The summed E-state index contributed by atoms with van der Waals surface area (Å²) in [4.78, 5) is 24.2. The van der Waals surface area contributed by atoms with E-state index in [1.165, 1.54) is 18.5 Å². The van der Waals surface area contributed by atoms with Gasteiger partial charge in [0.15, 0.2) is 0 Å². The van der Waals surface area contributed by atoms with Crippen LogP contribution in [0.4, 0.5) is 0 Å². The van der Waals surface area contributed by atoms with Crippen LogP contribution < -0.4 is 5.32 Å². The van der Waals surface area contributed by atoms with E-state index in [9.17, 15) is 14.9 Å². The zero-order valence-electron chi connectivity index (χ0n) is 6.43. The molecule has 0 saturated heterocycles. The normalized spacial score (nSPS) is 24.6. The topological polar surface area (TPSA) is 84.6 Å². The summed E-state index contributed by atoms with van der Waals surface area (Å²) in [6.45, 7) is 0. The maximum absolute atomic E-state index is 10.8. The minimum atomic E-state index is -0.493. The molecule has 1 amide bonds. The lowest BCUT2D eigenvalue weighted by Crippen LogP contribution is -2.18. The number of rotatable bonds is 1. The Hall–Kier alpha value is -1.98. The van der Waals surface area contributed by atoms with Gasteiger partial charge in [0.05, 0.1) is 11.1 Å². The minimum absolute atomic E-state index is 0.0162. The van der Waals surface area contributed by atoms with Crippen molar-refractivity contribution in [2.24, 2.45) is 10.9 Å². The first-order valence-electron chi connectivity index (χ1n) is 3.59. The van der Waals surface area contributed by atoms with E-state index in [4.69, 9.17) is 0 Å². The molecule has 2 aliphatic rings. The largest absolute Gasteiger partial charge is 0.358 e. The second-order valence-corrected chi connectivity index (χ2v) is 2.66. The second-order valence-electron chi connectivity index (χ2n) is 2.66. The predicted octanol–water partition coefficient (Wildman–Crippen LogP) is -0.181. The molecule has 0 spiro atoms. The Bertz CT molecular complexity index is 380. The molecule has 13 heavy (non-hydrogen) atoms. The standard InChI is InChI=1S/C7H5N3O3/c11-7-1-5-4(2-9-7)6(3-8-5)10(12)13/h1-4,8H. The number of carbonyl (C=O) groups excluding carboxylic acids is 1. The molecule has 2 rings (SSSR count). The van der Waals surface area contributed by atoms with E-state index >= 15 is 0 Å². The lowest BCUT2D eigenvalue weighted by Gasteiger charge is -2.07. The average Bonchev–Trinajstić information content (AvgIpc) is 2.46. The van der Waals surface area contributed by atoms with Crippen LogP contribution >= 0.6 is 0 Å². The fourth-order valence-corrected chi connectivity index (χ4v) is 1.27. The smallest absolute Gasteiger partial charge is 0.276 e. The van der Waals surface area contributed by atoms with Crippen molar-refractivity contribution in [3.8, 4) is 0 Å². The zero-order chi connectivity index (χ0) is 9.42. The predicted molar refractivity (Wildman–Crippen MR) is 43.3 cm³/mol. The Morgan fingerprint density at radius 3 is 3.08 bits per heavy atom. The highest BCUT2D eigenvalue weighted by Gasteiger charge is 2.34. The SMILES string of the molecule is O=C1C=C2NC=C([N+](=O)[O-])C2C=N1. The van der Waals surface area contributed by atoms with Crippen LogP contribution in [-0.2, 0) is 4.79 Å². The quantitative estimate of drug-likeness (QED) is 0.447. The highest BCUT2D eigenvalue weighted by molar-refractivity contribution is 5.99. The van der Waals surface area contributed by atoms with Crippen LogP contribution in [-0.4, -0.2) is 17.0 Å². The number of hydrogen-bond donors (Lipinski definition) is 1. The lowest BCUT2D eigenvalue weighted by molar-refractivity contribution is -0.429. The van der Waals surface area contributed by atoms with E-state index in [1.54, 1.807) is 0 Å². The van der Waals surface area contributed by atoms with Gasteiger partial charge in [-0.05, 0) is 0 Å². The first-order chi connectivity index (χ1) is 6.18. The van der Waals surface area contributed by atoms with Gasteiger partial charge in [0.2, 0.25) is 0 Å². The van der Waals surface area contributed by atoms with Gasteiger partial charge in [-0.1, -0.05) is 0 Å². The molecule has 0 aromatic rings. The third-order valence-corrected chi connectivity index (χ3v) is 1.88. The van der Waals surface area contributed by atoms with Gasteiger partial charge >= 0.3 is 0 Å². The van der Waals surface area contributed by atoms with E-state index in [2.05, 4.69) is 10.3 Å². The molecule has 0 aliphatic carbocycles. The van der Waals surface area contributed by atoms with Gasteiger partial charge in [0.25, 0.3) is 11.6 Å². The van der Waals surface area contributed by atoms with Gasteiger partial charge in [-0.2, -0.15) is 0 Å². The average molecular weight is 179 g/mol. The number of nitrogens with one attached hydrogen (secondary N) is 1. The summed E-state index contributed by atoms with van der Waals surface area (Å²) in [5.74, 6) is -0.885. The van der Waals surface area contributed by atoms with Crippen molar-refractivity contribution in [2.75, 3.05) is 0 Å². The maximum atomic E-state index is 10.8. The minimum Gasteiger partial charge on any atom is -0.358 e. The van der Waals surface area contributed by atoms with Gasteiger partial charge in [-0.25, -0.2) is 4.99 Å². The van der Waals surface area contributed by atoms with Crippen molar-refractivity contribution >= 4 is 12.1 Å². The van der Waals surface area contributed by atoms with E-state index < -0.39 is 16.7 Å². The molecule has 0 bridgehead atoms. The van der Waals surface area contributed by atoms with Crippen LogP contribution in [0.25, 0.3) is 0 Å². The summed E-state index contributed by atoms with van der Waals surface area (Å²) < 4.78 is 0. The Morgan fingerprint density at radius 1 is 1.62 bits per heavy atom. The first-order valence-corrected chi connectivity index (χ1v) is 3.59. The van der Waals surface area contributed by atoms with Crippen LogP contribution in [0.2, 0.25) is 0 Å².